The van der Waals surface area contributed by atoms with Crippen molar-refractivity contribution in [2.45, 2.75) is 0 Å². The molecular weight excluding hydrogens is 226 g/mol. The van der Waals surface area contributed by atoms with Gasteiger partial charge in [0.1, 0.15) is 5.82 Å². The molecule has 0 bridgehead atoms. The number of halogens is 2. The lowest BCUT2D eigenvalue weighted by Gasteiger charge is -2.06. The molecule has 17 heavy (non-hydrogen) atoms. The van der Waals surface area contributed by atoms with Gasteiger partial charge in [-0.15, -0.1) is 0 Å². The van der Waals surface area contributed by atoms with Gasteiger partial charge in [0.15, 0.2) is 17.5 Å². The van der Waals surface area contributed by atoms with Crippen LogP contribution in [0.1, 0.15) is 0 Å². The van der Waals surface area contributed by atoms with Gasteiger partial charge in [-0.25, -0.2) is 13.8 Å². The van der Waals surface area contributed by atoms with Gasteiger partial charge in [-0.1, -0.05) is 0 Å². The quantitative estimate of drug-likeness (QED) is 0.859. The van der Waals surface area contributed by atoms with Gasteiger partial charge < -0.3 is 10.6 Å². The Morgan fingerprint density at radius 1 is 1.06 bits per heavy atom. The molecule has 0 aliphatic carbocycles. The summed E-state index contributed by atoms with van der Waals surface area (Å²) in [5.74, 6) is -0.765. The molecule has 0 amide bonds. The van der Waals surface area contributed by atoms with Gasteiger partial charge in [0.25, 0.3) is 0 Å². The third-order valence-corrected chi connectivity index (χ3v) is 2.08. The first-order valence-electron chi connectivity index (χ1n) is 4.91. The fraction of sp³-hybridized carbons (Fsp3) is 0.0909. The molecule has 4 nitrogen and oxygen atoms in total. The molecule has 0 unspecified atom stereocenters. The molecule has 0 radical (unpaired) electrons. The minimum atomic E-state index is -0.910. The molecule has 1 aromatic carbocycles. The normalized spacial score (nSPS) is 10.1. The molecule has 2 N–H and O–H groups in total. The smallest absolute Gasteiger partial charge is 0.160 e. The van der Waals surface area contributed by atoms with Gasteiger partial charge in [-0.2, -0.15) is 0 Å². The van der Waals surface area contributed by atoms with E-state index in [9.17, 15) is 8.78 Å². The van der Waals surface area contributed by atoms with E-state index >= 15 is 0 Å². The third-order valence-electron chi connectivity index (χ3n) is 2.08. The molecule has 6 heteroatoms. The Hall–Kier alpha value is -2.24. The van der Waals surface area contributed by atoms with Gasteiger partial charge in [0, 0.05) is 18.8 Å². The van der Waals surface area contributed by atoms with E-state index in [-0.39, 0.29) is 0 Å². The lowest BCUT2D eigenvalue weighted by Crippen LogP contribution is -1.99. The number of hydrogen-bond acceptors (Lipinski definition) is 4. The van der Waals surface area contributed by atoms with Crippen molar-refractivity contribution in [3.8, 4) is 0 Å². The molecule has 0 aliphatic heterocycles. The maximum Gasteiger partial charge on any atom is 0.160 e. The van der Waals surface area contributed by atoms with Crippen molar-refractivity contribution in [3.05, 3.63) is 42.2 Å². The van der Waals surface area contributed by atoms with E-state index in [1.165, 1.54) is 12.3 Å². The van der Waals surface area contributed by atoms with Gasteiger partial charge in [-0.3, -0.25) is 4.98 Å². The van der Waals surface area contributed by atoms with Crippen LogP contribution in [0.25, 0.3) is 0 Å². The number of benzene rings is 1. The number of nitrogens with one attached hydrogen (secondary N) is 2. The first-order chi connectivity index (χ1) is 8.19. The summed E-state index contributed by atoms with van der Waals surface area (Å²) < 4.78 is 25.7. The summed E-state index contributed by atoms with van der Waals surface area (Å²) >= 11 is 0. The van der Waals surface area contributed by atoms with E-state index in [1.54, 1.807) is 13.2 Å². The standard InChI is InChI=1S/C11H10F2N4/c1-14-10-5-15-6-11(17-10)16-7-2-3-8(12)9(13)4-7/h2-6H,1H3,(H2,14,16,17). The van der Waals surface area contributed by atoms with E-state index in [0.29, 0.717) is 17.3 Å². The molecule has 0 atom stereocenters. The van der Waals surface area contributed by atoms with E-state index in [1.807, 2.05) is 0 Å². The largest absolute Gasteiger partial charge is 0.372 e. The molecule has 0 fully saturated rings. The number of nitrogens with zero attached hydrogens (tertiary/aromatic N) is 2. The van der Waals surface area contributed by atoms with Crippen LogP contribution in [0.15, 0.2) is 30.6 Å². The Balaban J connectivity index is 2.22. The highest BCUT2D eigenvalue weighted by atomic mass is 19.2. The molecule has 1 aromatic heterocycles. The zero-order valence-corrected chi connectivity index (χ0v) is 9.04. The molecule has 88 valence electrons. The molecule has 2 aromatic rings. The average Bonchev–Trinajstić information content (AvgIpc) is 2.34. The summed E-state index contributed by atoms with van der Waals surface area (Å²) in [5.41, 5.74) is 0.409. The molecule has 1 heterocycles. The maximum atomic E-state index is 13.0. The zero-order chi connectivity index (χ0) is 12.3. The van der Waals surface area contributed by atoms with Crippen LogP contribution in [0.5, 0.6) is 0 Å². The molecule has 0 saturated carbocycles. The van der Waals surface area contributed by atoms with E-state index < -0.39 is 11.6 Å². The Bertz CT molecular complexity index is 531. The van der Waals surface area contributed by atoms with Crippen molar-refractivity contribution in [1.29, 1.82) is 0 Å². The van der Waals surface area contributed by atoms with Crippen LogP contribution < -0.4 is 10.6 Å². The van der Waals surface area contributed by atoms with Gasteiger partial charge in [-0.05, 0) is 12.1 Å². The number of rotatable bonds is 3. The Kier molecular flexibility index (Phi) is 3.13. The summed E-state index contributed by atoms with van der Waals surface area (Å²) in [6, 6.07) is 3.53. The summed E-state index contributed by atoms with van der Waals surface area (Å²) in [7, 11) is 1.71. The fourth-order valence-corrected chi connectivity index (χ4v) is 1.27. The highest BCUT2D eigenvalue weighted by molar-refractivity contribution is 5.56. The highest BCUT2D eigenvalue weighted by Crippen LogP contribution is 2.17. The van der Waals surface area contributed by atoms with Crippen molar-refractivity contribution in [2.24, 2.45) is 0 Å². The van der Waals surface area contributed by atoms with Crippen LogP contribution in [0.2, 0.25) is 0 Å². The zero-order valence-electron chi connectivity index (χ0n) is 9.04. The second-order valence-electron chi connectivity index (χ2n) is 3.29. The maximum absolute atomic E-state index is 13.0. The molecule has 0 saturated heterocycles. The van der Waals surface area contributed by atoms with Crippen molar-refractivity contribution < 1.29 is 8.78 Å². The Morgan fingerprint density at radius 2 is 1.82 bits per heavy atom. The summed E-state index contributed by atoms with van der Waals surface area (Å²) in [4.78, 5) is 8.07. The average molecular weight is 236 g/mol. The molecule has 0 aliphatic rings. The van der Waals surface area contributed by atoms with Crippen LogP contribution in [0, 0.1) is 11.6 Å². The van der Waals surface area contributed by atoms with Crippen molar-refractivity contribution in [1.82, 2.24) is 9.97 Å². The highest BCUT2D eigenvalue weighted by Gasteiger charge is 2.03. The predicted molar refractivity (Wildman–Crippen MR) is 61.2 cm³/mol. The molecular formula is C11H10F2N4. The first kappa shape index (κ1) is 11.3. The lowest BCUT2D eigenvalue weighted by atomic mass is 10.3. The first-order valence-corrected chi connectivity index (χ1v) is 4.91. The number of anilines is 3. The summed E-state index contributed by atoms with van der Waals surface area (Å²) in [6.45, 7) is 0. The topological polar surface area (TPSA) is 49.8 Å². The van der Waals surface area contributed by atoms with Crippen molar-refractivity contribution in [2.75, 3.05) is 17.7 Å². The second-order valence-corrected chi connectivity index (χ2v) is 3.29. The van der Waals surface area contributed by atoms with Crippen molar-refractivity contribution >= 4 is 17.3 Å². The monoisotopic (exact) mass is 236 g/mol. The van der Waals surface area contributed by atoms with Gasteiger partial charge in [0.2, 0.25) is 0 Å². The summed E-state index contributed by atoms with van der Waals surface area (Å²) in [6.07, 6.45) is 3.04. The van der Waals surface area contributed by atoms with E-state index in [4.69, 9.17) is 0 Å². The van der Waals surface area contributed by atoms with Gasteiger partial charge in [0.05, 0.1) is 12.4 Å². The SMILES string of the molecule is CNc1cncc(Nc2ccc(F)c(F)c2)n1. The minimum Gasteiger partial charge on any atom is -0.372 e. The summed E-state index contributed by atoms with van der Waals surface area (Å²) in [5, 5.41) is 5.65. The van der Waals surface area contributed by atoms with Crippen LogP contribution in [0.3, 0.4) is 0 Å². The van der Waals surface area contributed by atoms with Crippen LogP contribution in [-0.4, -0.2) is 17.0 Å². The molecule has 2 rings (SSSR count). The third kappa shape index (κ3) is 2.66. The minimum absolute atomic E-state index is 0.409. The van der Waals surface area contributed by atoms with Gasteiger partial charge >= 0.3 is 0 Å². The fourth-order valence-electron chi connectivity index (χ4n) is 1.27. The number of hydrogen-bond donors (Lipinski definition) is 2. The van der Waals surface area contributed by atoms with E-state index in [2.05, 4.69) is 20.6 Å². The Labute approximate surface area is 96.7 Å². The Morgan fingerprint density at radius 3 is 2.53 bits per heavy atom. The van der Waals surface area contributed by atoms with Crippen molar-refractivity contribution in [3.63, 3.8) is 0 Å². The predicted octanol–water partition coefficient (Wildman–Crippen LogP) is 2.54. The van der Waals surface area contributed by atoms with Crippen LogP contribution >= 0.6 is 0 Å². The van der Waals surface area contributed by atoms with Crippen LogP contribution in [0.4, 0.5) is 26.1 Å². The lowest BCUT2D eigenvalue weighted by molar-refractivity contribution is 0.509. The molecule has 0 spiro atoms. The number of aromatic nitrogens is 2. The van der Waals surface area contributed by atoms with E-state index in [0.717, 1.165) is 12.1 Å². The second kappa shape index (κ2) is 4.73. The van der Waals surface area contributed by atoms with Crippen LogP contribution in [-0.2, 0) is 0 Å².